The van der Waals surface area contributed by atoms with Crippen LogP contribution in [0.5, 0.6) is 5.75 Å². The molecule has 0 fully saturated rings. The van der Waals surface area contributed by atoms with E-state index >= 15 is 0 Å². The number of methoxy groups -OCH3 is 1. The first-order chi connectivity index (χ1) is 8.76. The highest BCUT2D eigenvalue weighted by Crippen LogP contribution is 2.27. The van der Waals surface area contributed by atoms with Crippen LogP contribution in [-0.4, -0.2) is 19.1 Å². The molecule has 94 valence electrons. The van der Waals surface area contributed by atoms with Crippen molar-refractivity contribution in [1.29, 1.82) is 0 Å². The van der Waals surface area contributed by atoms with Crippen molar-refractivity contribution < 1.29 is 9.13 Å². The molecule has 1 heterocycles. The lowest BCUT2D eigenvalue weighted by atomic mass is 10.1. The standard InChI is InChI=1S/C14H15FN2O/c1-16-8-10-6-7-12(17-9-10)11-4-3-5-13(18-2)14(11)15/h3-7,9,16H,8H2,1-2H3. The molecule has 2 aromatic rings. The molecule has 0 saturated heterocycles. The Morgan fingerprint density at radius 1 is 1.28 bits per heavy atom. The van der Waals surface area contributed by atoms with Gasteiger partial charge in [0.2, 0.25) is 0 Å². The maximum atomic E-state index is 14.0. The van der Waals surface area contributed by atoms with Gasteiger partial charge in [0.25, 0.3) is 0 Å². The van der Waals surface area contributed by atoms with Gasteiger partial charge in [0.15, 0.2) is 11.6 Å². The zero-order valence-corrected chi connectivity index (χ0v) is 10.4. The number of nitrogens with one attached hydrogen (secondary N) is 1. The average Bonchev–Trinajstić information content (AvgIpc) is 2.41. The highest BCUT2D eigenvalue weighted by molar-refractivity contribution is 5.62. The van der Waals surface area contributed by atoms with Crippen molar-refractivity contribution in [2.24, 2.45) is 0 Å². The summed E-state index contributed by atoms with van der Waals surface area (Å²) < 4.78 is 19.0. The van der Waals surface area contributed by atoms with E-state index in [9.17, 15) is 4.39 Å². The average molecular weight is 246 g/mol. The molecule has 0 radical (unpaired) electrons. The normalized spacial score (nSPS) is 10.4. The van der Waals surface area contributed by atoms with Gasteiger partial charge in [-0.25, -0.2) is 4.39 Å². The van der Waals surface area contributed by atoms with Gasteiger partial charge in [0.1, 0.15) is 0 Å². The summed E-state index contributed by atoms with van der Waals surface area (Å²) in [4.78, 5) is 4.27. The third kappa shape index (κ3) is 2.49. The second-order valence-corrected chi connectivity index (χ2v) is 3.90. The maximum Gasteiger partial charge on any atom is 0.174 e. The van der Waals surface area contributed by atoms with E-state index in [2.05, 4.69) is 10.3 Å². The van der Waals surface area contributed by atoms with Crippen molar-refractivity contribution in [2.75, 3.05) is 14.2 Å². The van der Waals surface area contributed by atoms with Crippen LogP contribution in [0.4, 0.5) is 4.39 Å². The molecule has 2 rings (SSSR count). The van der Waals surface area contributed by atoms with Gasteiger partial charge < -0.3 is 10.1 Å². The Morgan fingerprint density at radius 2 is 2.11 bits per heavy atom. The molecule has 0 atom stereocenters. The van der Waals surface area contributed by atoms with Crippen LogP contribution in [-0.2, 0) is 6.54 Å². The molecule has 0 aliphatic rings. The van der Waals surface area contributed by atoms with E-state index in [1.54, 1.807) is 24.4 Å². The van der Waals surface area contributed by atoms with Crippen molar-refractivity contribution in [3.05, 3.63) is 47.9 Å². The molecule has 1 N–H and O–H groups in total. The predicted octanol–water partition coefficient (Wildman–Crippen LogP) is 2.62. The number of nitrogens with zero attached hydrogens (tertiary/aromatic N) is 1. The summed E-state index contributed by atoms with van der Waals surface area (Å²) >= 11 is 0. The highest BCUT2D eigenvalue weighted by atomic mass is 19.1. The van der Waals surface area contributed by atoms with Gasteiger partial charge in [-0.05, 0) is 30.8 Å². The van der Waals surface area contributed by atoms with Gasteiger partial charge in [-0.1, -0.05) is 12.1 Å². The fourth-order valence-corrected chi connectivity index (χ4v) is 1.76. The van der Waals surface area contributed by atoms with Gasteiger partial charge in [-0.15, -0.1) is 0 Å². The van der Waals surface area contributed by atoms with Crippen LogP contribution in [0.1, 0.15) is 5.56 Å². The van der Waals surface area contributed by atoms with Crippen LogP contribution < -0.4 is 10.1 Å². The van der Waals surface area contributed by atoms with Crippen LogP contribution in [0, 0.1) is 5.82 Å². The van der Waals surface area contributed by atoms with Gasteiger partial charge >= 0.3 is 0 Å². The van der Waals surface area contributed by atoms with Gasteiger partial charge in [0, 0.05) is 18.3 Å². The minimum absolute atomic E-state index is 0.230. The van der Waals surface area contributed by atoms with E-state index in [1.807, 2.05) is 19.2 Å². The fourth-order valence-electron chi connectivity index (χ4n) is 1.76. The van der Waals surface area contributed by atoms with E-state index in [1.165, 1.54) is 7.11 Å². The number of aromatic nitrogens is 1. The molecule has 0 unspecified atom stereocenters. The fraction of sp³-hybridized carbons (Fsp3) is 0.214. The summed E-state index contributed by atoms with van der Waals surface area (Å²) in [5, 5.41) is 3.04. The Kier molecular flexibility index (Phi) is 3.89. The second kappa shape index (κ2) is 5.60. The number of benzene rings is 1. The number of halogens is 1. The number of hydrogen-bond donors (Lipinski definition) is 1. The molecule has 0 amide bonds. The summed E-state index contributed by atoms with van der Waals surface area (Å²) in [5.41, 5.74) is 2.11. The zero-order chi connectivity index (χ0) is 13.0. The quantitative estimate of drug-likeness (QED) is 0.900. The number of hydrogen-bond acceptors (Lipinski definition) is 3. The summed E-state index contributed by atoms with van der Waals surface area (Å²) in [6.07, 6.45) is 1.74. The molecule has 4 heteroatoms. The molecule has 0 aliphatic heterocycles. The van der Waals surface area contributed by atoms with E-state index in [4.69, 9.17) is 4.74 Å². The molecule has 0 spiro atoms. The van der Waals surface area contributed by atoms with E-state index in [-0.39, 0.29) is 11.6 Å². The lowest BCUT2D eigenvalue weighted by Gasteiger charge is -2.07. The van der Waals surface area contributed by atoms with Crippen LogP contribution in [0.2, 0.25) is 0 Å². The zero-order valence-electron chi connectivity index (χ0n) is 10.4. The van der Waals surface area contributed by atoms with Crippen molar-refractivity contribution in [3.63, 3.8) is 0 Å². The van der Waals surface area contributed by atoms with E-state index in [0.29, 0.717) is 11.3 Å². The third-order valence-electron chi connectivity index (χ3n) is 2.66. The van der Waals surface area contributed by atoms with E-state index in [0.717, 1.165) is 12.1 Å². The van der Waals surface area contributed by atoms with Gasteiger partial charge in [-0.2, -0.15) is 0 Å². The monoisotopic (exact) mass is 246 g/mol. The predicted molar refractivity (Wildman–Crippen MR) is 68.9 cm³/mol. The Hall–Kier alpha value is -1.94. The number of ether oxygens (including phenoxy) is 1. The third-order valence-corrected chi connectivity index (χ3v) is 2.66. The Bertz CT molecular complexity index is 526. The Morgan fingerprint density at radius 3 is 2.72 bits per heavy atom. The topological polar surface area (TPSA) is 34.1 Å². The Labute approximate surface area is 106 Å². The van der Waals surface area contributed by atoms with Crippen LogP contribution in [0.25, 0.3) is 11.3 Å². The maximum absolute atomic E-state index is 14.0. The molecule has 1 aromatic heterocycles. The minimum Gasteiger partial charge on any atom is -0.494 e. The van der Waals surface area contributed by atoms with E-state index < -0.39 is 0 Å². The van der Waals surface area contributed by atoms with Gasteiger partial charge in [0.05, 0.1) is 12.8 Å². The van der Waals surface area contributed by atoms with Crippen molar-refractivity contribution in [1.82, 2.24) is 10.3 Å². The molecular weight excluding hydrogens is 231 g/mol. The molecule has 0 aliphatic carbocycles. The lowest BCUT2D eigenvalue weighted by molar-refractivity contribution is 0.387. The van der Waals surface area contributed by atoms with Gasteiger partial charge in [-0.3, -0.25) is 4.98 Å². The Balaban J connectivity index is 2.36. The van der Waals surface area contributed by atoms with Crippen LogP contribution in [0.3, 0.4) is 0 Å². The highest BCUT2D eigenvalue weighted by Gasteiger charge is 2.10. The molecular formula is C14H15FN2O. The molecule has 18 heavy (non-hydrogen) atoms. The molecule has 3 nitrogen and oxygen atoms in total. The number of rotatable bonds is 4. The summed E-state index contributed by atoms with van der Waals surface area (Å²) in [5.74, 6) is -0.150. The summed E-state index contributed by atoms with van der Waals surface area (Å²) in [6.45, 7) is 0.744. The summed E-state index contributed by atoms with van der Waals surface area (Å²) in [7, 11) is 3.32. The van der Waals surface area contributed by atoms with Crippen LogP contribution >= 0.6 is 0 Å². The molecule has 0 saturated carbocycles. The van der Waals surface area contributed by atoms with Crippen LogP contribution in [0.15, 0.2) is 36.5 Å². The first-order valence-electron chi connectivity index (χ1n) is 5.68. The first-order valence-corrected chi connectivity index (χ1v) is 5.68. The largest absolute Gasteiger partial charge is 0.494 e. The minimum atomic E-state index is -0.381. The first kappa shape index (κ1) is 12.5. The smallest absolute Gasteiger partial charge is 0.174 e. The second-order valence-electron chi connectivity index (χ2n) is 3.90. The summed E-state index contributed by atoms with van der Waals surface area (Å²) in [6, 6.07) is 8.77. The van der Waals surface area contributed by atoms with Crippen molar-refractivity contribution in [2.45, 2.75) is 6.54 Å². The SMILES string of the molecule is CNCc1ccc(-c2cccc(OC)c2F)nc1. The number of pyridine rings is 1. The molecule has 0 bridgehead atoms. The van der Waals surface area contributed by atoms with Crippen molar-refractivity contribution in [3.8, 4) is 17.0 Å². The molecule has 1 aromatic carbocycles. The lowest BCUT2D eigenvalue weighted by Crippen LogP contribution is -2.05. The van der Waals surface area contributed by atoms with Crippen molar-refractivity contribution >= 4 is 0 Å².